The number of carboxylic acids is 1. The number of nitrogens with zero attached hydrogens (tertiary/aromatic N) is 6. The first kappa shape index (κ1) is 46.4. The SMILES string of the molecule is Cc1c(CCCOC2CCN(CC(=O)Nc3ccc4c(C5CCC(=O)NC5=O)nn(C)c4c3)CC2)cccc1-c1ccc(N2CCc3cccc(C(=O)Nc4nc5ccccc5s4)c3C2)nc1C(=O)O. The summed E-state index contributed by atoms with van der Waals surface area (Å²) in [5, 5.41) is 24.8. The first-order valence-corrected chi connectivity index (χ1v) is 24.6. The van der Waals surface area contributed by atoms with Crippen LogP contribution in [-0.2, 0) is 45.6 Å². The lowest BCUT2D eigenvalue weighted by atomic mass is 9.93. The van der Waals surface area contributed by atoms with E-state index in [4.69, 9.17) is 9.72 Å². The number of para-hydroxylation sites is 1. The van der Waals surface area contributed by atoms with Gasteiger partial charge in [-0.05, 0) is 122 Å². The molecule has 4 aromatic carbocycles. The molecule has 1 unspecified atom stereocenters. The molecule has 3 aliphatic rings. The summed E-state index contributed by atoms with van der Waals surface area (Å²) in [4.78, 5) is 77.3. The van der Waals surface area contributed by atoms with Crippen LogP contribution in [0.5, 0.6) is 0 Å². The minimum atomic E-state index is -1.11. The third-order valence-electron chi connectivity index (χ3n) is 13.8. The van der Waals surface area contributed by atoms with Gasteiger partial charge in [-0.25, -0.2) is 14.8 Å². The number of hydrogen-bond acceptors (Lipinski definition) is 12. The Labute approximate surface area is 408 Å². The van der Waals surface area contributed by atoms with Gasteiger partial charge in [0.25, 0.3) is 5.91 Å². The molecule has 0 spiro atoms. The number of hydrogen-bond donors (Lipinski definition) is 4. The minimum absolute atomic E-state index is 0.0223. The van der Waals surface area contributed by atoms with Crippen LogP contribution in [0.3, 0.4) is 0 Å². The molecular weight excluding hydrogens is 907 g/mol. The van der Waals surface area contributed by atoms with E-state index in [0.29, 0.717) is 66.0 Å². The zero-order chi connectivity index (χ0) is 48.5. The van der Waals surface area contributed by atoms with E-state index < -0.39 is 11.9 Å². The summed E-state index contributed by atoms with van der Waals surface area (Å²) < 4.78 is 9.02. The maximum Gasteiger partial charge on any atom is 0.355 e. The molecule has 1 atom stereocenters. The summed E-state index contributed by atoms with van der Waals surface area (Å²) in [7, 11) is 1.80. The third kappa shape index (κ3) is 9.77. The van der Waals surface area contributed by atoms with Crippen LogP contribution in [0.2, 0.25) is 0 Å². The van der Waals surface area contributed by atoms with Gasteiger partial charge < -0.3 is 20.1 Å². The van der Waals surface area contributed by atoms with Crippen LogP contribution in [0.25, 0.3) is 32.2 Å². The van der Waals surface area contributed by atoms with Gasteiger partial charge in [-0.3, -0.25) is 39.4 Å². The topological polar surface area (TPSA) is 201 Å². The molecule has 4 N–H and O–H groups in total. The third-order valence-corrected chi connectivity index (χ3v) is 14.7. The van der Waals surface area contributed by atoms with Crippen molar-refractivity contribution in [2.45, 2.75) is 70.4 Å². The van der Waals surface area contributed by atoms with Crippen LogP contribution in [0, 0.1) is 6.92 Å². The number of ether oxygens (including phenoxy) is 1. The number of piperidine rings is 2. The van der Waals surface area contributed by atoms with E-state index in [-0.39, 0.29) is 48.4 Å². The van der Waals surface area contributed by atoms with Gasteiger partial charge in [-0.1, -0.05) is 53.8 Å². The van der Waals surface area contributed by atoms with E-state index >= 15 is 0 Å². The fourth-order valence-electron chi connectivity index (χ4n) is 10.1. The number of benzene rings is 4. The fourth-order valence-corrected chi connectivity index (χ4v) is 10.9. The summed E-state index contributed by atoms with van der Waals surface area (Å²) in [6.07, 6.45) is 4.66. The molecule has 6 heterocycles. The highest BCUT2D eigenvalue weighted by Gasteiger charge is 2.32. The number of pyridine rings is 1. The molecule has 17 heteroatoms. The lowest BCUT2D eigenvalue weighted by Crippen LogP contribution is -2.41. The number of aromatic carboxylic acids is 1. The highest BCUT2D eigenvalue weighted by Crippen LogP contribution is 2.35. The molecule has 0 aliphatic carbocycles. The van der Waals surface area contributed by atoms with Gasteiger partial charge in [-0.15, -0.1) is 0 Å². The van der Waals surface area contributed by atoms with Crippen LogP contribution in [-0.4, -0.2) is 98.2 Å². The van der Waals surface area contributed by atoms with Crippen molar-refractivity contribution in [3.8, 4) is 11.1 Å². The monoisotopic (exact) mass is 959 g/mol. The Morgan fingerprint density at radius 3 is 2.53 bits per heavy atom. The number of imide groups is 1. The fraction of sp³-hybridized carbons (Fsp3) is 0.321. The zero-order valence-corrected chi connectivity index (χ0v) is 39.8. The van der Waals surface area contributed by atoms with E-state index in [1.54, 1.807) is 11.7 Å². The Bertz CT molecular complexity index is 3160. The molecular formula is C53H53N9O7S. The number of nitrogens with one attached hydrogen (secondary N) is 3. The number of amides is 4. The molecule has 7 aromatic rings. The molecule has 0 bridgehead atoms. The predicted octanol–water partition coefficient (Wildman–Crippen LogP) is 7.64. The quantitative estimate of drug-likeness (QED) is 0.0614. The van der Waals surface area contributed by atoms with Crippen LogP contribution in [0.4, 0.5) is 16.6 Å². The summed E-state index contributed by atoms with van der Waals surface area (Å²) in [6, 6.07) is 28.8. The van der Waals surface area contributed by atoms with Gasteiger partial charge >= 0.3 is 5.97 Å². The Morgan fingerprint density at radius 1 is 0.886 bits per heavy atom. The van der Waals surface area contributed by atoms with E-state index in [1.807, 2.05) is 96.8 Å². The first-order chi connectivity index (χ1) is 33.9. The number of carbonyl (C=O) groups excluding carboxylic acids is 4. The van der Waals surface area contributed by atoms with Crippen LogP contribution in [0.1, 0.15) is 86.8 Å². The first-order valence-electron chi connectivity index (χ1n) is 23.8. The van der Waals surface area contributed by atoms with E-state index in [9.17, 15) is 29.1 Å². The van der Waals surface area contributed by atoms with Crippen molar-refractivity contribution in [2.24, 2.45) is 7.05 Å². The average molecular weight is 960 g/mol. The lowest BCUT2D eigenvalue weighted by Gasteiger charge is -2.31. The molecule has 0 radical (unpaired) electrons. The van der Waals surface area contributed by atoms with E-state index in [2.05, 4.69) is 37.0 Å². The molecule has 0 saturated carbocycles. The summed E-state index contributed by atoms with van der Waals surface area (Å²) >= 11 is 1.43. The van der Waals surface area contributed by atoms with Crippen molar-refractivity contribution in [2.75, 3.05) is 48.3 Å². The number of anilines is 3. The number of aromatic nitrogens is 4. The molecule has 3 aliphatic heterocycles. The molecule has 16 nitrogen and oxygen atoms in total. The standard InChI is InChI=1S/C53H53N9O7S/c1-31-32(10-7-27-69-35-22-24-61(25-23-35)30-47(64)54-34-15-16-39-43(28-34)60(2)59-48(39)40-18-20-46(63)57-51(40)66)8-5-11-36(31)37-17-19-45(56-49(37)52(67)68)62-26-21-33-9-6-12-38(41(33)29-62)50(65)58-53-55-42-13-3-4-14-44(42)70-53/h3-6,8-9,11-17,19,28,35,40H,7,10,18,20-27,29-30H2,1-2H3,(H,54,64)(H,67,68)(H,55,58,65)(H,57,63,66). The average Bonchev–Trinajstić information content (AvgIpc) is 3.92. The van der Waals surface area contributed by atoms with Gasteiger partial charge in [0.1, 0.15) is 5.82 Å². The normalized spacial score (nSPS) is 16.6. The molecule has 4 amide bonds. The van der Waals surface area contributed by atoms with Gasteiger partial charge in [0.2, 0.25) is 17.7 Å². The van der Waals surface area contributed by atoms with Crippen molar-refractivity contribution in [1.82, 2.24) is 30.0 Å². The second-order valence-corrected chi connectivity index (χ2v) is 19.3. The molecule has 3 aromatic heterocycles. The number of thiazole rings is 1. The maximum atomic E-state index is 13.6. The number of fused-ring (bicyclic) bond motifs is 3. The predicted molar refractivity (Wildman–Crippen MR) is 268 cm³/mol. The number of carbonyl (C=O) groups is 5. The minimum Gasteiger partial charge on any atom is -0.476 e. The van der Waals surface area contributed by atoms with Crippen molar-refractivity contribution < 1.29 is 33.8 Å². The maximum absolute atomic E-state index is 13.6. The van der Waals surface area contributed by atoms with Gasteiger partial charge in [0, 0.05) is 68.5 Å². The second-order valence-electron chi connectivity index (χ2n) is 18.3. The molecule has 10 rings (SSSR count). The Morgan fingerprint density at radius 2 is 1.71 bits per heavy atom. The van der Waals surface area contributed by atoms with E-state index in [0.717, 1.165) is 87.7 Å². The van der Waals surface area contributed by atoms with Crippen molar-refractivity contribution in [3.05, 3.63) is 130 Å². The second kappa shape index (κ2) is 19.9. The van der Waals surface area contributed by atoms with Gasteiger partial charge in [0.05, 0.1) is 40.0 Å². The molecule has 358 valence electrons. The molecule has 70 heavy (non-hydrogen) atoms. The lowest BCUT2D eigenvalue weighted by molar-refractivity contribution is -0.134. The van der Waals surface area contributed by atoms with Crippen molar-refractivity contribution >= 4 is 78.7 Å². The summed E-state index contributed by atoms with van der Waals surface area (Å²) in [5.41, 5.74) is 8.88. The van der Waals surface area contributed by atoms with Crippen molar-refractivity contribution in [3.63, 3.8) is 0 Å². The zero-order valence-electron chi connectivity index (χ0n) is 39.0. The van der Waals surface area contributed by atoms with Gasteiger partial charge in [0.15, 0.2) is 10.8 Å². The summed E-state index contributed by atoms with van der Waals surface area (Å²) in [6.45, 7) is 5.37. The van der Waals surface area contributed by atoms with E-state index in [1.165, 1.54) is 11.3 Å². The Kier molecular flexibility index (Phi) is 13.2. The molecule has 2 saturated heterocycles. The van der Waals surface area contributed by atoms with Crippen molar-refractivity contribution in [1.29, 1.82) is 0 Å². The van der Waals surface area contributed by atoms with Crippen LogP contribution < -0.4 is 20.9 Å². The Balaban J connectivity index is 0.709. The molecule has 2 fully saturated rings. The smallest absolute Gasteiger partial charge is 0.355 e. The Hall–Kier alpha value is -7.34. The number of aryl methyl sites for hydroxylation is 2. The van der Waals surface area contributed by atoms with Crippen LogP contribution >= 0.6 is 11.3 Å². The largest absolute Gasteiger partial charge is 0.476 e. The highest BCUT2D eigenvalue weighted by atomic mass is 32.1. The van der Waals surface area contributed by atoms with Gasteiger partial charge in [-0.2, -0.15) is 5.10 Å². The number of rotatable bonds is 14. The number of carboxylic acid groups (broad SMARTS) is 1. The summed E-state index contributed by atoms with van der Waals surface area (Å²) in [5.74, 6) is -2.02. The number of likely N-dealkylation sites (tertiary alicyclic amines) is 1. The van der Waals surface area contributed by atoms with Crippen LogP contribution in [0.15, 0.2) is 91.0 Å². The highest BCUT2D eigenvalue weighted by molar-refractivity contribution is 7.22.